The maximum Gasteiger partial charge on any atom is 0.331 e. The summed E-state index contributed by atoms with van der Waals surface area (Å²) in [6.07, 6.45) is 2.65. The van der Waals surface area contributed by atoms with Crippen molar-refractivity contribution in [3.8, 4) is 11.5 Å². The Morgan fingerprint density at radius 2 is 1.78 bits per heavy atom. The maximum atomic E-state index is 12.0. The fourth-order valence-electron chi connectivity index (χ4n) is 2.24. The fraction of sp³-hybridized carbons (Fsp3) is 0.158. The summed E-state index contributed by atoms with van der Waals surface area (Å²) in [6, 6.07) is 10.2. The molecule has 0 saturated carbocycles. The van der Waals surface area contributed by atoms with E-state index in [1.54, 1.807) is 18.2 Å². The molecule has 0 unspecified atom stereocenters. The summed E-state index contributed by atoms with van der Waals surface area (Å²) in [5.74, 6) is -0.201. The fourth-order valence-corrected chi connectivity index (χ4v) is 2.24. The number of esters is 1. The van der Waals surface area contributed by atoms with Gasteiger partial charge in [0.1, 0.15) is 0 Å². The van der Waals surface area contributed by atoms with Gasteiger partial charge in [0.2, 0.25) is 0 Å². The van der Waals surface area contributed by atoms with Gasteiger partial charge in [0.25, 0.3) is 5.69 Å². The van der Waals surface area contributed by atoms with Gasteiger partial charge >= 0.3 is 5.97 Å². The minimum absolute atomic E-state index is 0.126. The molecule has 0 saturated heterocycles. The number of carbonyl (C=O) groups is 2. The lowest BCUT2D eigenvalue weighted by Crippen LogP contribution is -2.12. The van der Waals surface area contributed by atoms with Crippen LogP contribution in [0.4, 0.5) is 5.69 Å². The van der Waals surface area contributed by atoms with Gasteiger partial charge in [-0.3, -0.25) is 14.9 Å². The number of Topliss-reactive ketones (excluding diaryl/α,β-unsaturated/α-hetero) is 1. The van der Waals surface area contributed by atoms with Gasteiger partial charge in [-0.15, -0.1) is 0 Å². The number of hydrogen-bond donors (Lipinski definition) is 0. The van der Waals surface area contributed by atoms with Crippen LogP contribution in [-0.4, -0.2) is 37.5 Å². The average molecular weight is 371 g/mol. The Labute approximate surface area is 155 Å². The van der Waals surface area contributed by atoms with Gasteiger partial charge in [-0.05, 0) is 24.3 Å². The van der Waals surface area contributed by atoms with E-state index in [1.165, 1.54) is 50.6 Å². The van der Waals surface area contributed by atoms with E-state index in [0.717, 1.165) is 0 Å². The van der Waals surface area contributed by atoms with Crippen LogP contribution in [-0.2, 0) is 9.53 Å². The minimum Gasteiger partial charge on any atom is -0.493 e. The first kappa shape index (κ1) is 19.6. The van der Waals surface area contributed by atoms with E-state index in [0.29, 0.717) is 17.1 Å². The van der Waals surface area contributed by atoms with E-state index in [9.17, 15) is 19.7 Å². The molecular weight excluding hydrogens is 354 g/mol. The molecule has 2 rings (SSSR count). The minimum atomic E-state index is -0.713. The number of non-ortho nitro benzene ring substituents is 1. The molecule has 0 aliphatic rings. The van der Waals surface area contributed by atoms with Gasteiger partial charge in [0, 0.05) is 29.3 Å². The number of benzene rings is 2. The topological polar surface area (TPSA) is 105 Å². The number of para-hydroxylation sites is 1. The van der Waals surface area contributed by atoms with E-state index in [4.69, 9.17) is 14.2 Å². The van der Waals surface area contributed by atoms with Crippen LogP contribution in [0, 0.1) is 10.1 Å². The Kier molecular flexibility index (Phi) is 6.65. The maximum absolute atomic E-state index is 12.0. The predicted octanol–water partition coefficient (Wildman–Crippen LogP) is 3.05. The lowest BCUT2D eigenvalue weighted by atomic mass is 10.1. The molecule has 0 bridgehead atoms. The Morgan fingerprint density at radius 3 is 2.37 bits per heavy atom. The summed E-state index contributed by atoms with van der Waals surface area (Å²) in [5.41, 5.74) is 0.695. The largest absolute Gasteiger partial charge is 0.493 e. The lowest BCUT2D eigenvalue weighted by Gasteiger charge is -2.09. The second-order valence-electron chi connectivity index (χ2n) is 5.25. The average Bonchev–Trinajstić information content (AvgIpc) is 2.69. The molecule has 0 aliphatic carbocycles. The number of ketones is 1. The number of ether oxygens (including phenoxy) is 3. The number of nitro benzene ring substituents is 1. The molecule has 0 aromatic heterocycles. The van der Waals surface area contributed by atoms with Crippen LogP contribution in [0.1, 0.15) is 15.9 Å². The van der Waals surface area contributed by atoms with Crippen molar-refractivity contribution in [1.29, 1.82) is 0 Å². The van der Waals surface area contributed by atoms with Crippen molar-refractivity contribution in [2.24, 2.45) is 0 Å². The molecule has 0 atom stereocenters. The first-order valence-corrected chi connectivity index (χ1v) is 7.79. The predicted molar refractivity (Wildman–Crippen MR) is 97.0 cm³/mol. The number of nitro groups is 1. The molecule has 8 heteroatoms. The Balaban J connectivity index is 1.97. The molecule has 0 fully saturated rings. The lowest BCUT2D eigenvalue weighted by molar-refractivity contribution is -0.384. The number of methoxy groups -OCH3 is 2. The van der Waals surface area contributed by atoms with E-state index < -0.39 is 23.3 Å². The first-order chi connectivity index (χ1) is 13.0. The molecule has 0 N–H and O–H groups in total. The summed E-state index contributed by atoms with van der Waals surface area (Å²) in [6.45, 7) is -0.476. The highest BCUT2D eigenvalue weighted by atomic mass is 16.6. The monoisotopic (exact) mass is 371 g/mol. The number of carbonyl (C=O) groups excluding carboxylic acids is 2. The highest BCUT2D eigenvalue weighted by molar-refractivity contribution is 5.99. The number of rotatable bonds is 8. The van der Waals surface area contributed by atoms with Gasteiger partial charge in [-0.1, -0.05) is 12.1 Å². The van der Waals surface area contributed by atoms with Gasteiger partial charge in [-0.2, -0.15) is 0 Å². The van der Waals surface area contributed by atoms with Crippen molar-refractivity contribution in [2.75, 3.05) is 20.8 Å². The second kappa shape index (κ2) is 9.14. The quantitative estimate of drug-likeness (QED) is 0.231. The van der Waals surface area contributed by atoms with Crippen LogP contribution in [0.3, 0.4) is 0 Å². The van der Waals surface area contributed by atoms with Crippen LogP contribution < -0.4 is 9.47 Å². The van der Waals surface area contributed by atoms with Crippen LogP contribution in [0.25, 0.3) is 6.08 Å². The van der Waals surface area contributed by atoms with Crippen molar-refractivity contribution in [1.82, 2.24) is 0 Å². The first-order valence-electron chi connectivity index (χ1n) is 7.79. The van der Waals surface area contributed by atoms with E-state index in [2.05, 4.69) is 0 Å². The summed E-state index contributed by atoms with van der Waals surface area (Å²) >= 11 is 0. The van der Waals surface area contributed by atoms with Crippen LogP contribution in [0.15, 0.2) is 48.5 Å². The Bertz CT molecular complexity index is 872. The molecule has 2 aromatic rings. The van der Waals surface area contributed by atoms with Crippen molar-refractivity contribution < 1.29 is 28.7 Å². The third-order valence-electron chi connectivity index (χ3n) is 3.58. The standard InChI is InChI=1S/C19H17NO7/c1-25-17-5-3-4-14(19(17)26-2)8-11-18(22)27-12-16(21)13-6-9-15(10-7-13)20(23)24/h3-11H,12H2,1-2H3. The zero-order chi connectivity index (χ0) is 19.8. The molecule has 140 valence electrons. The summed E-state index contributed by atoms with van der Waals surface area (Å²) in [4.78, 5) is 33.8. The summed E-state index contributed by atoms with van der Waals surface area (Å²) < 4.78 is 15.3. The molecule has 2 aromatic carbocycles. The molecular formula is C19H17NO7. The van der Waals surface area contributed by atoms with Crippen LogP contribution in [0.2, 0.25) is 0 Å². The van der Waals surface area contributed by atoms with E-state index in [1.807, 2.05) is 0 Å². The smallest absolute Gasteiger partial charge is 0.331 e. The number of nitrogens with zero attached hydrogens (tertiary/aromatic N) is 1. The molecule has 0 heterocycles. The third-order valence-corrected chi connectivity index (χ3v) is 3.58. The highest BCUT2D eigenvalue weighted by Crippen LogP contribution is 2.31. The second-order valence-corrected chi connectivity index (χ2v) is 5.25. The van der Waals surface area contributed by atoms with E-state index in [-0.39, 0.29) is 11.3 Å². The molecule has 8 nitrogen and oxygen atoms in total. The molecule has 27 heavy (non-hydrogen) atoms. The number of hydrogen-bond acceptors (Lipinski definition) is 7. The van der Waals surface area contributed by atoms with E-state index >= 15 is 0 Å². The summed E-state index contributed by atoms with van der Waals surface area (Å²) in [7, 11) is 2.99. The van der Waals surface area contributed by atoms with Gasteiger partial charge in [0.15, 0.2) is 23.9 Å². The molecule has 0 spiro atoms. The molecule has 0 aliphatic heterocycles. The van der Waals surface area contributed by atoms with Crippen molar-refractivity contribution in [3.05, 3.63) is 69.8 Å². The van der Waals surface area contributed by atoms with Crippen molar-refractivity contribution >= 4 is 23.5 Å². The zero-order valence-electron chi connectivity index (χ0n) is 14.7. The normalized spacial score (nSPS) is 10.4. The molecule has 0 radical (unpaired) electrons. The van der Waals surface area contributed by atoms with Crippen LogP contribution in [0.5, 0.6) is 11.5 Å². The SMILES string of the molecule is COc1cccc(C=CC(=O)OCC(=O)c2ccc([N+](=O)[O-])cc2)c1OC. The third kappa shape index (κ3) is 5.15. The van der Waals surface area contributed by atoms with Crippen LogP contribution >= 0.6 is 0 Å². The summed E-state index contributed by atoms with van der Waals surface area (Å²) in [5, 5.41) is 10.6. The Morgan fingerprint density at radius 1 is 1.07 bits per heavy atom. The van der Waals surface area contributed by atoms with Gasteiger partial charge in [0.05, 0.1) is 19.1 Å². The molecule has 0 amide bonds. The Hall–Kier alpha value is -3.68. The highest BCUT2D eigenvalue weighted by Gasteiger charge is 2.12. The zero-order valence-corrected chi connectivity index (χ0v) is 14.7. The van der Waals surface area contributed by atoms with Gasteiger partial charge in [-0.25, -0.2) is 4.79 Å². The van der Waals surface area contributed by atoms with Crippen molar-refractivity contribution in [2.45, 2.75) is 0 Å². The van der Waals surface area contributed by atoms with Crippen molar-refractivity contribution in [3.63, 3.8) is 0 Å². The van der Waals surface area contributed by atoms with Gasteiger partial charge < -0.3 is 14.2 Å².